The Labute approximate surface area is 108 Å². The van der Waals surface area contributed by atoms with Crippen LogP contribution in [0, 0.1) is 10.1 Å². The normalized spacial score (nSPS) is 17.7. The molecule has 1 aliphatic heterocycles. The first-order valence-electron chi connectivity index (χ1n) is 5.59. The Balaban J connectivity index is 1.81. The summed E-state index contributed by atoms with van der Waals surface area (Å²) in [6.45, 7) is 0.826. The summed E-state index contributed by atoms with van der Waals surface area (Å²) < 4.78 is 2.04. The Hall–Kier alpha value is -1.88. The van der Waals surface area contributed by atoms with E-state index in [1.54, 1.807) is 12.1 Å². The molecule has 1 aromatic carbocycles. The summed E-state index contributed by atoms with van der Waals surface area (Å²) in [5.41, 5.74) is 1.22. The van der Waals surface area contributed by atoms with Crippen LogP contribution in [0.25, 0.3) is 0 Å². The number of rotatable bonds is 2. The van der Waals surface area contributed by atoms with Crippen LogP contribution in [0.3, 0.4) is 0 Å². The number of nitro benzene ring substituents is 1. The van der Waals surface area contributed by atoms with E-state index in [0.29, 0.717) is 11.1 Å². The first-order chi connectivity index (χ1) is 8.63. The second kappa shape index (κ2) is 4.10. The highest BCUT2D eigenvalue weighted by molar-refractivity contribution is 6.29. The summed E-state index contributed by atoms with van der Waals surface area (Å²) in [5, 5.41) is 11.1. The van der Waals surface area contributed by atoms with Gasteiger partial charge in [-0.25, -0.2) is 4.98 Å². The van der Waals surface area contributed by atoms with Gasteiger partial charge in [0.2, 0.25) is 0 Å². The maximum absolute atomic E-state index is 10.6. The lowest BCUT2D eigenvalue weighted by molar-refractivity contribution is -0.384. The van der Waals surface area contributed by atoms with Crippen LogP contribution in [-0.2, 0) is 13.0 Å². The van der Waals surface area contributed by atoms with Crippen molar-refractivity contribution in [3.05, 3.63) is 57.1 Å². The van der Waals surface area contributed by atoms with E-state index in [-0.39, 0.29) is 10.6 Å². The largest absolute Gasteiger partial charge is 0.333 e. The zero-order valence-electron chi connectivity index (χ0n) is 9.41. The first kappa shape index (κ1) is 11.2. The zero-order valence-corrected chi connectivity index (χ0v) is 10.2. The second-order valence-electron chi connectivity index (χ2n) is 4.38. The van der Waals surface area contributed by atoms with E-state index >= 15 is 0 Å². The van der Waals surface area contributed by atoms with E-state index in [2.05, 4.69) is 4.98 Å². The molecule has 2 aromatic rings. The predicted octanol–water partition coefficient (Wildman–Crippen LogP) is 2.78. The highest BCUT2D eigenvalue weighted by atomic mass is 35.5. The van der Waals surface area contributed by atoms with Crippen molar-refractivity contribution in [2.75, 3.05) is 0 Å². The van der Waals surface area contributed by atoms with Crippen molar-refractivity contribution >= 4 is 17.3 Å². The Kier molecular flexibility index (Phi) is 2.56. The average molecular weight is 264 g/mol. The average Bonchev–Trinajstić information content (AvgIpc) is 2.86. The molecule has 0 radical (unpaired) electrons. The van der Waals surface area contributed by atoms with Gasteiger partial charge in [0.25, 0.3) is 5.69 Å². The fourth-order valence-corrected chi connectivity index (χ4v) is 2.57. The van der Waals surface area contributed by atoms with Gasteiger partial charge in [0.1, 0.15) is 11.0 Å². The fraction of sp³-hybridized carbons (Fsp3) is 0.250. The maximum atomic E-state index is 10.6. The van der Waals surface area contributed by atoms with Crippen molar-refractivity contribution in [1.82, 2.24) is 9.55 Å². The quantitative estimate of drug-likeness (QED) is 0.618. The van der Waals surface area contributed by atoms with E-state index in [0.717, 1.165) is 24.4 Å². The SMILES string of the molecule is O=[N+]([O-])c1ccc(C2Cc3nc(Cl)cn3C2)cc1. The van der Waals surface area contributed by atoms with Gasteiger partial charge in [-0.3, -0.25) is 10.1 Å². The van der Waals surface area contributed by atoms with E-state index in [4.69, 9.17) is 11.6 Å². The van der Waals surface area contributed by atoms with Crippen LogP contribution in [0.1, 0.15) is 17.3 Å². The molecule has 5 nitrogen and oxygen atoms in total. The third-order valence-electron chi connectivity index (χ3n) is 3.25. The molecule has 0 amide bonds. The summed E-state index contributed by atoms with van der Waals surface area (Å²) in [7, 11) is 0. The summed E-state index contributed by atoms with van der Waals surface area (Å²) in [6.07, 6.45) is 2.65. The Morgan fingerprint density at radius 3 is 2.72 bits per heavy atom. The molecule has 0 fully saturated rings. The summed E-state index contributed by atoms with van der Waals surface area (Å²) in [4.78, 5) is 14.4. The van der Waals surface area contributed by atoms with Gasteiger partial charge in [0.05, 0.1) is 4.92 Å². The lowest BCUT2D eigenvalue weighted by Crippen LogP contribution is -2.00. The molecular formula is C12H10ClN3O2. The topological polar surface area (TPSA) is 61.0 Å². The van der Waals surface area contributed by atoms with Gasteiger partial charge >= 0.3 is 0 Å². The van der Waals surface area contributed by atoms with Crippen molar-refractivity contribution in [2.24, 2.45) is 0 Å². The molecule has 1 atom stereocenters. The van der Waals surface area contributed by atoms with Gasteiger partial charge in [-0.15, -0.1) is 0 Å². The number of aromatic nitrogens is 2. The fourth-order valence-electron chi connectivity index (χ4n) is 2.35. The lowest BCUT2D eigenvalue weighted by atomic mass is 9.97. The maximum Gasteiger partial charge on any atom is 0.269 e. The summed E-state index contributed by atoms with van der Waals surface area (Å²) in [6, 6.07) is 6.72. The van der Waals surface area contributed by atoms with Crippen molar-refractivity contribution in [3.63, 3.8) is 0 Å². The molecule has 2 heterocycles. The third-order valence-corrected chi connectivity index (χ3v) is 3.43. The molecule has 1 aliphatic rings. The van der Waals surface area contributed by atoms with E-state index in [9.17, 15) is 10.1 Å². The molecule has 0 N–H and O–H groups in total. The predicted molar refractivity (Wildman–Crippen MR) is 66.8 cm³/mol. The lowest BCUT2D eigenvalue weighted by Gasteiger charge is -2.08. The standard InChI is InChI=1S/C12H10ClN3O2/c13-11-7-15-6-9(5-12(15)14-11)8-1-3-10(4-2-8)16(17)18/h1-4,7,9H,5-6H2. The summed E-state index contributed by atoms with van der Waals surface area (Å²) in [5.74, 6) is 1.30. The van der Waals surface area contributed by atoms with Crippen LogP contribution in [0.5, 0.6) is 0 Å². The van der Waals surface area contributed by atoms with E-state index in [1.807, 2.05) is 22.9 Å². The Bertz CT molecular complexity index is 583. The van der Waals surface area contributed by atoms with Gasteiger partial charge in [0.15, 0.2) is 0 Å². The van der Waals surface area contributed by atoms with Gasteiger partial charge < -0.3 is 4.57 Å². The number of non-ortho nitro benzene ring substituents is 1. The minimum absolute atomic E-state index is 0.123. The Morgan fingerprint density at radius 1 is 1.39 bits per heavy atom. The number of hydrogen-bond donors (Lipinski definition) is 0. The molecular weight excluding hydrogens is 254 g/mol. The minimum atomic E-state index is -0.386. The van der Waals surface area contributed by atoms with Gasteiger partial charge in [-0.1, -0.05) is 23.7 Å². The molecule has 1 aromatic heterocycles. The van der Waals surface area contributed by atoms with Crippen molar-refractivity contribution < 1.29 is 4.92 Å². The number of nitro groups is 1. The number of hydrogen-bond acceptors (Lipinski definition) is 3. The van der Waals surface area contributed by atoms with Crippen LogP contribution in [0.15, 0.2) is 30.5 Å². The summed E-state index contributed by atoms with van der Waals surface area (Å²) >= 11 is 5.82. The molecule has 6 heteroatoms. The monoisotopic (exact) mass is 263 g/mol. The van der Waals surface area contributed by atoms with Crippen molar-refractivity contribution in [2.45, 2.75) is 18.9 Å². The van der Waals surface area contributed by atoms with Crippen LogP contribution in [-0.4, -0.2) is 14.5 Å². The van der Waals surface area contributed by atoms with Gasteiger partial charge in [-0.2, -0.15) is 0 Å². The van der Waals surface area contributed by atoms with Gasteiger partial charge in [0, 0.05) is 37.2 Å². The van der Waals surface area contributed by atoms with E-state index in [1.165, 1.54) is 0 Å². The number of nitrogens with zero attached hydrogens (tertiary/aromatic N) is 3. The molecule has 0 spiro atoms. The van der Waals surface area contributed by atoms with Crippen molar-refractivity contribution in [1.29, 1.82) is 0 Å². The second-order valence-corrected chi connectivity index (χ2v) is 4.77. The number of halogens is 1. The smallest absolute Gasteiger partial charge is 0.269 e. The van der Waals surface area contributed by atoms with Crippen LogP contribution in [0.2, 0.25) is 5.15 Å². The third kappa shape index (κ3) is 1.86. The number of fused-ring (bicyclic) bond motifs is 1. The molecule has 0 bridgehead atoms. The van der Waals surface area contributed by atoms with Gasteiger partial charge in [-0.05, 0) is 5.56 Å². The van der Waals surface area contributed by atoms with Crippen LogP contribution >= 0.6 is 11.6 Å². The highest BCUT2D eigenvalue weighted by Crippen LogP contribution is 2.30. The van der Waals surface area contributed by atoms with Crippen LogP contribution in [0.4, 0.5) is 5.69 Å². The number of imidazole rings is 1. The molecule has 1 unspecified atom stereocenters. The van der Waals surface area contributed by atoms with Crippen molar-refractivity contribution in [3.8, 4) is 0 Å². The highest BCUT2D eigenvalue weighted by Gasteiger charge is 2.24. The van der Waals surface area contributed by atoms with Crippen LogP contribution < -0.4 is 0 Å². The molecule has 0 aliphatic carbocycles. The first-order valence-corrected chi connectivity index (χ1v) is 5.97. The zero-order chi connectivity index (χ0) is 12.7. The molecule has 0 saturated carbocycles. The number of benzene rings is 1. The molecule has 0 saturated heterocycles. The molecule has 3 rings (SSSR count). The molecule has 92 valence electrons. The molecule has 18 heavy (non-hydrogen) atoms. The Morgan fingerprint density at radius 2 is 2.11 bits per heavy atom. The van der Waals surface area contributed by atoms with E-state index < -0.39 is 0 Å². The minimum Gasteiger partial charge on any atom is -0.333 e.